The highest BCUT2D eigenvalue weighted by Gasteiger charge is 2.19. The fourth-order valence-corrected chi connectivity index (χ4v) is 4.40. The van der Waals surface area contributed by atoms with Gasteiger partial charge in [-0.2, -0.15) is 0 Å². The highest BCUT2D eigenvalue weighted by Crippen LogP contribution is 2.29. The summed E-state index contributed by atoms with van der Waals surface area (Å²) < 4.78 is 10.6. The zero-order valence-corrected chi connectivity index (χ0v) is 16.6. The van der Waals surface area contributed by atoms with Crippen molar-refractivity contribution in [3.63, 3.8) is 0 Å². The van der Waals surface area contributed by atoms with Crippen LogP contribution in [0.5, 0.6) is 5.75 Å². The number of nitrogens with zero attached hydrogens (tertiary/aromatic N) is 1. The number of thiophene rings is 1. The topological polar surface area (TPSA) is 55.8 Å². The molecule has 2 aromatic rings. The number of methoxy groups -OCH3 is 1. The maximum atomic E-state index is 12.3. The third kappa shape index (κ3) is 4.89. The summed E-state index contributed by atoms with van der Waals surface area (Å²) in [5.74, 6) is 0.0775. The van der Waals surface area contributed by atoms with Crippen LogP contribution in [0.4, 0.5) is 0 Å². The average Bonchev–Trinajstić information content (AvgIpc) is 2.96. The van der Waals surface area contributed by atoms with Gasteiger partial charge >= 0.3 is 5.97 Å². The first-order chi connectivity index (χ1) is 13.1. The van der Waals surface area contributed by atoms with Crippen molar-refractivity contribution in [3.05, 3.63) is 51.2 Å². The van der Waals surface area contributed by atoms with E-state index in [2.05, 4.69) is 0 Å². The molecule has 6 heteroatoms. The summed E-state index contributed by atoms with van der Waals surface area (Å²) in [7, 11) is 3.29. The number of para-hydroxylation sites is 1. The van der Waals surface area contributed by atoms with Gasteiger partial charge in [-0.15, -0.1) is 11.3 Å². The summed E-state index contributed by atoms with van der Waals surface area (Å²) >= 11 is 1.51. The first kappa shape index (κ1) is 19.4. The molecule has 1 aliphatic rings. The molecule has 144 valence electrons. The van der Waals surface area contributed by atoms with Gasteiger partial charge in [-0.3, -0.25) is 4.79 Å². The molecule has 27 heavy (non-hydrogen) atoms. The van der Waals surface area contributed by atoms with E-state index < -0.39 is 5.97 Å². The van der Waals surface area contributed by atoms with E-state index in [1.54, 1.807) is 14.2 Å². The van der Waals surface area contributed by atoms with E-state index in [1.807, 2.05) is 30.3 Å². The monoisotopic (exact) mass is 387 g/mol. The summed E-state index contributed by atoms with van der Waals surface area (Å²) in [6, 6.07) is 9.49. The van der Waals surface area contributed by atoms with Gasteiger partial charge in [-0.05, 0) is 43.4 Å². The highest BCUT2D eigenvalue weighted by atomic mass is 32.1. The minimum atomic E-state index is -0.410. The van der Waals surface area contributed by atoms with Crippen molar-refractivity contribution in [1.29, 1.82) is 0 Å². The minimum Gasteiger partial charge on any atom is -0.496 e. The van der Waals surface area contributed by atoms with Gasteiger partial charge in [-0.1, -0.05) is 24.6 Å². The normalized spacial score (nSPS) is 13.4. The first-order valence-electron chi connectivity index (χ1n) is 9.23. The molecule has 5 nitrogen and oxygen atoms in total. The second-order valence-corrected chi connectivity index (χ2v) is 7.89. The van der Waals surface area contributed by atoms with Crippen molar-refractivity contribution in [2.24, 2.45) is 0 Å². The van der Waals surface area contributed by atoms with Crippen LogP contribution in [0.2, 0.25) is 0 Å². The highest BCUT2D eigenvalue weighted by molar-refractivity contribution is 7.14. The van der Waals surface area contributed by atoms with E-state index in [9.17, 15) is 9.59 Å². The Hall–Kier alpha value is -2.34. The SMILES string of the molecule is COc1ccccc1CN(C)C(=O)COC(=O)c1cc2c(s1)CCCCC2. The Morgan fingerprint density at radius 3 is 2.74 bits per heavy atom. The molecule has 0 atom stereocenters. The van der Waals surface area contributed by atoms with E-state index >= 15 is 0 Å². The van der Waals surface area contributed by atoms with E-state index in [0.29, 0.717) is 11.4 Å². The molecule has 0 aliphatic heterocycles. The van der Waals surface area contributed by atoms with Crippen molar-refractivity contribution in [1.82, 2.24) is 4.90 Å². The predicted octanol–water partition coefficient (Wildman–Crippen LogP) is 3.84. The second-order valence-electron chi connectivity index (χ2n) is 6.76. The maximum absolute atomic E-state index is 12.3. The molecule has 0 saturated heterocycles. The molecule has 1 heterocycles. The number of aryl methyl sites for hydroxylation is 2. The smallest absolute Gasteiger partial charge is 0.348 e. The standard InChI is InChI=1S/C21H25NO4S/c1-22(13-16-9-6-7-10-17(16)25-2)20(23)14-26-21(24)19-12-15-8-4-3-5-11-18(15)27-19/h6-7,9-10,12H,3-5,8,11,13-14H2,1-2H3. The molecule has 0 bridgehead atoms. The van der Waals surface area contributed by atoms with E-state index in [-0.39, 0.29) is 12.5 Å². The van der Waals surface area contributed by atoms with Crippen molar-refractivity contribution in [3.8, 4) is 5.75 Å². The van der Waals surface area contributed by atoms with Crippen LogP contribution in [-0.4, -0.2) is 37.5 Å². The number of carbonyl (C=O) groups is 2. The molecule has 0 radical (unpaired) electrons. The molecule has 0 fully saturated rings. The summed E-state index contributed by atoms with van der Waals surface area (Å²) in [5, 5.41) is 0. The molecular formula is C21H25NO4S. The van der Waals surface area contributed by atoms with E-state index in [1.165, 1.54) is 45.9 Å². The molecular weight excluding hydrogens is 362 g/mol. The maximum Gasteiger partial charge on any atom is 0.348 e. The van der Waals surface area contributed by atoms with Gasteiger partial charge in [-0.25, -0.2) is 4.79 Å². The van der Waals surface area contributed by atoms with Crippen molar-refractivity contribution < 1.29 is 19.1 Å². The minimum absolute atomic E-state index is 0.243. The largest absolute Gasteiger partial charge is 0.496 e. The number of esters is 1. The Labute approximate surface area is 163 Å². The van der Waals surface area contributed by atoms with Crippen LogP contribution in [0.25, 0.3) is 0 Å². The number of rotatable bonds is 6. The fourth-order valence-electron chi connectivity index (χ4n) is 3.25. The van der Waals surface area contributed by atoms with Gasteiger partial charge < -0.3 is 14.4 Å². The van der Waals surface area contributed by atoms with Gasteiger partial charge in [0.15, 0.2) is 6.61 Å². The van der Waals surface area contributed by atoms with Crippen LogP contribution in [0.1, 0.15) is 44.9 Å². The number of likely N-dealkylation sites (N-methyl/N-ethyl adjacent to an activating group) is 1. The van der Waals surface area contributed by atoms with Crippen LogP contribution in [0, 0.1) is 0 Å². The Morgan fingerprint density at radius 1 is 1.15 bits per heavy atom. The number of benzene rings is 1. The first-order valence-corrected chi connectivity index (χ1v) is 10.0. The van der Waals surface area contributed by atoms with Gasteiger partial charge in [0, 0.05) is 24.0 Å². The molecule has 0 unspecified atom stereocenters. The molecule has 1 aliphatic carbocycles. The van der Waals surface area contributed by atoms with Crippen LogP contribution in [0.3, 0.4) is 0 Å². The van der Waals surface area contributed by atoms with E-state index in [4.69, 9.17) is 9.47 Å². The molecule has 0 N–H and O–H groups in total. The van der Waals surface area contributed by atoms with Crippen molar-refractivity contribution in [2.45, 2.75) is 38.6 Å². The number of amides is 1. The van der Waals surface area contributed by atoms with Crippen LogP contribution in [-0.2, 0) is 28.9 Å². The van der Waals surface area contributed by atoms with Crippen molar-refractivity contribution >= 4 is 23.2 Å². The number of ether oxygens (including phenoxy) is 2. The quantitative estimate of drug-likeness (QED) is 0.558. The third-order valence-corrected chi connectivity index (χ3v) is 6.02. The summed E-state index contributed by atoms with van der Waals surface area (Å²) in [6.45, 7) is 0.140. The number of carbonyl (C=O) groups excluding carboxylic acids is 2. The number of hydrogen-bond acceptors (Lipinski definition) is 5. The Morgan fingerprint density at radius 2 is 1.93 bits per heavy atom. The lowest BCUT2D eigenvalue weighted by Crippen LogP contribution is -2.30. The molecule has 0 spiro atoms. The predicted molar refractivity (Wildman–Crippen MR) is 105 cm³/mol. The molecule has 1 aromatic carbocycles. The third-order valence-electron chi connectivity index (χ3n) is 4.80. The summed E-state index contributed by atoms with van der Waals surface area (Å²) in [4.78, 5) is 28.1. The number of fused-ring (bicyclic) bond motifs is 1. The zero-order valence-electron chi connectivity index (χ0n) is 15.8. The summed E-state index contributed by atoms with van der Waals surface area (Å²) in [5.41, 5.74) is 2.17. The fraction of sp³-hybridized carbons (Fsp3) is 0.429. The molecule has 1 aromatic heterocycles. The van der Waals surface area contributed by atoms with Gasteiger partial charge in [0.25, 0.3) is 5.91 Å². The Bertz CT molecular complexity index is 791. The lowest BCUT2D eigenvalue weighted by molar-refractivity contribution is -0.133. The summed E-state index contributed by atoms with van der Waals surface area (Å²) in [6.07, 6.45) is 5.65. The average molecular weight is 388 g/mol. The van der Waals surface area contributed by atoms with Gasteiger partial charge in [0.05, 0.1) is 7.11 Å². The van der Waals surface area contributed by atoms with Crippen molar-refractivity contribution in [2.75, 3.05) is 20.8 Å². The molecule has 3 rings (SSSR count). The van der Waals surface area contributed by atoms with Crippen LogP contribution < -0.4 is 4.74 Å². The Kier molecular flexibility index (Phi) is 6.50. The van der Waals surface area contributed by atoms with Crippen LogP contribution >= 0.6 is 11.3 Å². The second kappa shape index (κ2) is 9.04. The lowest BCUT2D eigenvalue weighted by Gasteiger charge is -2.18. The Balaban J connectivity index is 1.54. The lowest BCUT2D eigenvalue weighted by atomic mass is 10.1. The van der Waals surface area contributed by atoms with Gasteiger partial charge in [0.1, 0.15) is 10.6 Å². The molecule has 1 amide bonds. The number of hydrogen-bond donors (Lipinski definition) is 0. The van der Waals surface area contributed by atoms with Gasteiger partial charge in [0.2, 0.25) is 0 Å². The molecule has 0 saturated carbocycles. The van der Waals surface area contributed by atoms with E-state index in [0.717, 1.165) is 24.2 Å². The van der Waals surface area contributed by atoms with Crippen LogP contribution in [0.15, 0.2) is 30.3 Å². The zero-order chi connectivity index (χ0) is 19.2.